The van der Waals surface area contributed by atoms with E-state index in [1.165, 1.54) is 0 Å². The molecule has 10 heavy (non-hydrogen) atoms. The molecule has 1 aromatic rings. The molecule has 1 atom stereocenters. The van der Waals surface area contributed by atoms with Crippen molar-refractivity contribution in [2.75, 3.05) is 0 Å². The fraction of sp³-hybridized carbons (Fsp3) is 0.286. The molecule has 1 unspecified atom stereocenters. The van der Waals surface area contributed by atoms with Crippen molar-refractivity contribution in [3.8, 4) is 5.88 Å². The minimum atomic E-state index is 0.267. The molecule has 3 nitrogen and oxygen atoms in total. The van der Waals surface area contributed by atoms with Crippen molar-refractivity contribution < 1.29 is 4.84 Å². The molecule has 3 heteroatoms. The van der Waals surface area contributed by atoms with Gasteiger partial charge in [0.2, 0.25) is 5.88 Å². The van der Waals surface area contributed by atoms with Gasteiger partial charge in [0.05, 0.1) is 6.04 Å². The summed E-state index contributed by atoms with van der Waals surface area (Å²) in [6.45, 7) is 2.04. The van der Waals surface area contributed by atoms with Crippen LogP contribution in [0.15, 0.2) is 18.3 Å². The van der Waals surface area contributed by atoms with Crippen LogP contribution in [-0.2, 0) is 0 Å². The molecule has 0 bridgehead atoms. The maximum absolute atomic E-state index is 5.05. The molecule has 0 aliphatic carbocycles. The minimum Gasteiger partial charge on any atom is -0.387 e. The minimum absolute atomic E-state index is 0.267. The lowest BCUT2D eigenvalue weighted by molar-refractivity contribution is 0.193. The third-order valence-corrected chi connectivity index (χ3v) is 1.60. The predicted molar refractivity (Wildman–Crippen MR) is 36.4 cm³/mol. The number of aromatic nitrogens is 1. The van der Waals surface area contributed by atoms with E-state index in [9.17, 15) is 0 Å². The first kappa shape index (κ1) is 5.68. The zero-order valence-electron chi connectivity index (χ0n) is 5.66. The Kier molecular flexibility index (Phi) is 1.11. The van der Waals surface area contributed by atoms with E-state index >= 15 is 0 Å². The van der Waals surface area contributed by atoms with Gasteiger partial charge in [0.25, 0.3) is 0 Å². The second kappa shape index (κ2) is 1.95. The Hall–Kier alpha value is -1.09. The van der Waals surface area contributed by atoms with Crippen molar-refractivity contribution in [3.05, 3.63) is 23.9 Å². The van der Waals surface area contributed by atoms with E-state index in [2.05, 4.69) is 10.5 Å². The second-order valence-electron chi connectivity index (χ2n) is 2.34. The lowest BCUT2D eigenvalue weighted by Gasteiger charge is -1.96. The Balaban J connectivity index is 2.51. The van der Waals surface area contributed by atoms with Crippen molar-refractivity contribution in [2.24, 2.45) is 0 Å². The molecule has 0 radical (unpaired) electrons. The van der Waals surface area contributed by atoms with Gasteiger partial charge in [-0.25, -0.2) is 4.98 Å². The van der Waals surface area contributed by atoms with Crippen LogP contribution in [-0.4, -0.2) is 4.98 Å². The molecule has 0 aromatic carbocycles. The average Bonchev–Trinajstić information content (AvgIpc) is 2.34. The van der Waals surface area contributed by atoms with E-state index in [4.69, 9.17) is 4.84 Å². The maximum Gasteiger partial charge on any atom is 0.242 e. The third-order valence-electron chi connectivity index (χ3n) is 1.60. The first-order valence-corrected chi connectivity index (χ1v) is 3.25. The molecular weight excluding hydrogens is 128 g/mol. The number of hydrogen-bond acceptors (Lipinski definition) is 3. The molecule has 1 aliphatic heterocycles. The number of pyridine rings is 1. The Bertz CT molecular complexity index is 249. The topological polar surface area (TPSA) is 34.1 Å². The number of nitrogens with one attached hydrogen (secondary N) is 1. The summed E-state index contributed by atoms with van der Waals surface area (Å²) >= 11 is 0. The van der Waals surface area contributed by atoms with Gasteiger partial charge in [-0.3, -0.25) is 0 Å². The molecule has 2 rings (SSSR count). The van der Waals surface area contributed by atoms with Crippen molar-refractivity contribution in [3.63, 3.8) is 0 Å². The van der Waals surface area contributed by atoms with Gasteiger partial charge >= 0.3 is 0 Å². The fourth-order valence-corrected chi connectivity index (χ4v) is 1.03. The van der Waals surface area contributed by atoms with Gasteiger partial charge in [0.15, 0.2) is 0 Å². The highest BCUT2D eigenvalue weighted by Gasteiger charge is 2.19. The van der Waals surface area contributed by atoms with Gasteiger partial charge in [-0.1, -0.05) is 6.07 Å². The van der Waals surface area contributed by atoms with E-state index in [-0.39, 0.29) is 6.04 Å². The van der Waals surface area contributed by atoms with Crippen LogP contribution in [0.25, 0.3) is 0 Å². The van der Waals surface area contributed by atoms with Gasteiger partial charge < -0.3 is 4.84 Å². The molecule has 1 N–H and O–H groups in total. The van der Waals surface area contributed by atoms with Crippen LogP contribution in [0.1, 0.15) is 18.5 Å². The summed E-state index contributed by atoms with van der Waals surface area (Å²) in [4.78, 5) is 9.07. The van der Waals surface area contributed by atoms with Crippen molar-refractivity contribution >= 4 is 0 Å². The van der Waals surface area contributed by atoms with Crippen LogP contribution in [0.5, 0.6) is 5.88 Å². The van der Waals surface area contributed by atoms with Crippen LogP contribution >= 0.6 is 0 Å². The van der Waals surface area contributed by atoms with E-state index in [0.717, 1.165) is 5.56 Å². The summed E-state index contributed by atoms with van der Waals surface area (Å²) in [5.74, 6) is 0.704. The van der Waals surface area contributed by atoms with E-state index in [1.807, 2.05) is 19.1 Å². The quantitative estimate of drug-likeness (QED) is 0.578. The molecule has 0 saturated heterocycles. The lowest BCUT2D eigenvalue weighted by Crippen LogP contribution is -2.13. The Morgan fingerprint density at radius 3 is 3.40 bits per heavy atom. The smallest absolute Gasteiger partial charge is 0.242 e. The van der Waals surface area contributed by atoms with Crippen molar-refractivity contribution in [1.29, 1.82) is 0 Å². The van der Waals surface area contributed by atoms with E-state index < -0.39 is 0 Å². The van der Waals surface area contributed by atoms with Crippen molar-refractivity contribution in [1.82, 2.24) is 10.5 Å². The third kappa shape index (κ3) is 0.675. The first-order valence-electron chi connectivity index (χ1n) is 3.25. The normalized spacial score (nSPS) is 21.9. The van der Waals surface area contributed by atoms with Crippen LogP contribution in [0.4, 0.5) is 0 Å². The molecule has 0 spiro atoms. The molecule has 0 saturated carbocycles. The Labute approximate surface area is 59.0 Å². The van der Waals surface area contributed by atoms with E-state index in [1.54, 1.807) is 6.20 Å². The van der Waals surface area contributed by atoms with Crippen molar-refractivity contribution in [2.45, 2.75) is 13.0 Å². The number of rotatable bonds is 0. The summed E-state index contributed by atoms with van der Waals surface area (Å²) in [6, 6.07) is 4.18. The van der Waals surface area contributed by atoms with Crippen LogP contribution < -0.4 is 10.3 Å². The predicted octanol–water partition coefficient (Wildman–Crippen LogP) is 1.04. The summed E-state index contributed by atoms with van der Waals surface area (Å²) < 4.78 is 0. The average molecular weight is 136 g/mol. The van der Waals surface area contributed by atoms with Crippen LogP contribution in [0, 0.1) is 0 Å². The maximum atomic E-state index is 5.05. The molecular formula is C7H8N2O. The Morgan fingerprint density at radius 1 is 1.70 bits per heavy atom. The molecule has 0 fully saturated rings. The standard InChI is InChI=1S/C7H8N2O/c1-5-6-3-2-4-8-7(6)10-9-5/h2-5,9H,1H3. The van der Waals surface area contributed by atoms with Crippen LogP contribution in [0.3, 0.4) is 0 Å². The second-order valence-corrected chi connectivity index (χ2v) is 2.34. The Morgan fingerprint density at radius 2 is 2.60 bits per heavy atom. The van der Waals surface area contributed by atoms with Crippen LogP contribution in [0.2, 0.25) is 0 Å². The largest absolute Gasteiger partial charge is 0.387 e. The number of hydroxylamine groups is 1. The van der Waals surface area contributed by atoms with Gasteiger partial charge in [-0.2, -0.15) is 0 Å². The zero-order chi connectivity index (χ0) is 6.97. The number of nitrogens with zero attached hydrogens (tertiary/aromatic N) is 1. The summed E-state index contributed by atoms with van der Waals surface area (Å²) in [5, 5.41) is 0. The molecule has 0 amide bonds. The molecule has 1 aromatic heterocycles. The highest BCUT2D eigenvalue weighted by atomic mass is 16.7. The summed E-state index contributed by atoms with van der Waals surface area (Å²) in [7, 11) is 0. The molecule has 52 valence electrons. The molecule has 1 aliphatic rings. The zero-order valence-corrected chi connectivity index (χ0v) is 5.66. The SMILES string of the molecule is CC1NOc2ncccc21. The fourth-order valence-electron chi connectivity index (χ4n) is 1.03. The summed E-state index contributed by atoms with van der Waals surface area (Å²) in [6.07, 6.45) is 1.72. The number of hydrogen-bond donors (Lipinski definition) is 1. The monoisotopic (exact) mass is 136 g/mol. The van der Waals surface area contributed by atoms with Gasteiger partial charge in [0, 0.05) is 11.8 Å². The highest BCUT2D eigenvalue weighted by molar-refractivity contribution is 5.30. The van der Waals surface area contributed by atoms with Gasteiger partial charge in [-0.05, 0) is 13.0 Å². The van der Waals surface area contributed by atoms with Gasteiger partial charge in [0.1, 0.15) is 0 Å². The summed E-state index contributed by atoms with van der Waals surface area (Å²) in [5.41, 5.74) is 3.95. The number of fused-ring (bicyclic) bond motifs is 1. The molecule has 2 heterocycles. The van der Waals surface area contributed by atoms with Gasteiger partial charge in [-0.15, -0.1) is 5.48 Å². The lowest BCUT2D eigenvalue weighted by atomic mass is 10.2. The van der Waals surface area contributed by atoms with E-state index in [0.29, 0.717) is 5.88 Å². The first-order chi connectivity index (χ1) is 4.88. The highest BCUT2D eigenvalue weighted by Crippen LogP contribution is 2.26.